The van der Waals surface area contributed by atoms with E-state index in [-0.39, 0.29) is 5.41 Å². The first-order valence-electron chi connectivity index (χ1n) is 7.75. The molecule has 0 aliphatic heterocycles. The molecule has 0 nitrogen and oxygen atoms in total. The Morgan fingerprint density at radius 1 is 0.800 bits per heavy atom. The SMILES string of the molecule is CC[C@@H]1[C@@H](C)C1(c1ccc(C)cc1)c1ccc(C)cc1. The van der Waals surface area contributed by atoms with Crippen molar-refractivity contribution in [3.63, 3.8) is 0 Å². The van der Waals surface area contributed by atoms with Crippen LogP contribution in [0.25, 0.3) is 0 Å². The molecule has 2 aromatic carbocycles. The van der Waals surface area contributed by atoms with Crippen LogP contribution in [0.4, 0.5) is 0 Å². The minimum Gasteiger partial charge on any atom is -0.0651 e. The van der Waals surface area contributed by atoms with Crippen LogP contribution in [0, 0.1) is 25.7 Å². The molecule has 1 saturated carbocycles. The maximum absolute atomic E-state index is 2.41. The van der Waals surface area contributed by atoms with E-state index >= 15 is 0 Å². The van der Waals surface area contributed by atoms with Gasteiger partial charge in [0.1, 0.15) is 0 Å². The maximum atomic E-state index is 2.41. The van der Waals surface area contributed by atoms with Gasteiger partial charge in [0.2, 0.25) is 0 Å². The van der Waals surface area contributed by atoms with Gasteiger partial charge in [0, 0.05) is 5.41 Å². The smallest absolute Gasteiger partial charge is 0.0262 e. The fourth-order valence-electron chi connectivity index (χ4n) is 4.10. The summed E-state index contributed by atoms with van der Waals surface area (Å²) in [4.78, 5) is 0. The summed E-state index contributed by atoms with van der Waals surface area (Å²) in [6.45, 7) is 9.06. The van der Waals surface area contributed by atoms with Crippen LogP contribution in [0.2, 0.25) is 0 Å². The van der Waals surface area contributed by atoms with Gasteiger partial charge < -0.3 is 0 Å². The number of hydrogen-bond donors (Lipinski definition) is 0. The lowest BCUT2D eigenvalue weighted by atomic mass is 9.83. The van der Waals surface area contributed by atoms with Gasteiger partial charge >= 0.3 is 0 Å². The number of benzene rings is 2. The molecule has 1 aliphatic carbocycles. The fourth-order valence-corrected chi connectivity index (χ4v) is 4.10. The molecule has 0 bridgehead atoms. The van der Waals surface area contributed by atoms with Gasteiger partial charge in [-0.1, -0.05) is 79.9 Å². The third kappa shape index (κ3) is 1.82. The van der Waals surface area contributed by atoms with Crippen LogP contribution in [-0.2, 0) is 5.41 Å². The summed E-state index contributed by atoms with van der Waals surface area (Å²) >= 11 is 0. The summed E-state index contributed by atoms with van der Waals surface area (Å²) in [5, 5.41) is 0. The molecule has 0 aromatic heterocycles. The van der Waals surface area contributed by atoms with Crippen molar-refractivity contribution in [1.82, 2.24) is 0 Å². The molecular weight excluding hydrogens is 240 g/mol. The summed E-state index contributed by atoms with van der Waals surface area (Å²) in [7, 11) is 0. The summed E-state index contributed by atoms with van der Waals surface area (Å²) in [6, 6.07) is 18.4. The lowest BCUT2D eigenvalue weighted by Crippen LogP contribution is -2.14. The largest absolute Gasteiger partial charge is 0.0651 e. The lowest BCUT2D eigenvalue weighted by Gasteiger charge is -2.20. The highest BCUT2D eigenvalue weighted by atomic mass is 14.6. The van der Waals surface area contributed by atoms with Crippen LogP contribution in [-0.4, -0.2) is 0 Å². The van der Waals surface area contributed by atoms with E-state index in [1.807, 2.05) is 0 Å². The van der Waals surface area contributed by atoms with E-state index in [1.54, 1.807) is 0 Å². The minimum absolute atomic E-state index is 0.246. The monoisotopic (exact) mass is 264 g/mol. The molecule has 1 aliphatic rings. The molecule has 0 spiro atoms. The predicted octanol–water partition coefficient (Wildman–Crippen LogP) is 5.27. The Kier molecular flexibility index (Phi) is 3.20. The summed E-state index contributed by atoms with van der Waals surface area (Å²) in [6.07, 6.45) is 1.25. The van der Waals surface area contributed by atoms with Crippen LogP contribution in [0.15, 0.2) is 48.5 Å². The van der Waals surface area contributed by atoms with Crippen LogP contribution >= 0.6 is 0 Å². The Bertz CT molecular complexity index is 543. The molecule has 0 N–H and O–H groups in total. The summed E-state index contributed by atoms with van der Waals surface area (Å²) < 4.78 is 0. The molecule has 20 heavy (non-hydrogen) atoms. The maximum Gasteiger partial charge on any atom is 0.0262 e. The topological polar surface area (TPSA) is 0 Å². The molecule has 0 heteroatoms. The Labute approximate surface area is 122 Å². The second-order valence-corrected chi connectivity index (χ2v) is 6.40. The summed E-state index contributed by atoms with van der Waals surface area (Å²) in [5.41, 5.74) is 5.91. The second-order valence-electron chi connectivity index (χ2n) is 6.40. The van der Waals surface area contributed by atoms with Crippen molar-refractivity contribution in [3.8, 4) is 0 Å². The minimum atomic E-state index is 0.246. The normalized spacial score (nSPS) is 23.6. The average molecular weight is 264 g/mol. The first-order chi connectivity index (χ1) is 9.60. The highest BCUT2D eigenvalue weighted by molar-refractivity contribution is 5.49. The molecule has 3 rings (SSSR count). The zero-order valence-electron chi connectivity index (χ0n) is 13.0. The van der Waals surface area contributed by atoms with Crippen molar-refractivity contribution in [2.24, 2.45) is 11.8 Å². The Morgan fingerprint density at radius 3 is 1.50 bits per heavy atom. The molecule has 0 saturated heterocycles. The van der Waals surface area contributed by atoms with Gasteiger partial charge in [-0.25, -0.2) is 0 Å². The third-order valence-corrected chi connectivity index (χ3v) is 5.30. The number of aryl methyl sites for hydroxylation is 2. The van der Waals surface area contributed by atoms with E-state index in [0.29, 0.717) is 0 Å². The van der Waals surface area contributed by atoms with Gasteiger partial charge in [0.25, 0.3) is 0 Å². The van der Waals surface area contributed by atoms with Crippen LogP contribution in [0.5, 0.6) is 0 Å². The third-order valence-electron chi connectivity index (χ3n) is 5.30. The molecule has 0 radical (unpaired) electrons. The molecule has 0 amide bonds. The van der Waals surface area contributed by atoms with Gasteiger partial charge in [-0.15, -0.1) is 0 Å². The average Bonchev–Trinajstić information content (AvgIpc) is 3.06. The van der Waals surface area contributed by atoms with Crippen molar-refractivity contribution >= 4 is 0 Å². The Morgan fingerprint density at radius 2 is 1.20 bits per heavy atom. The van der Waals surface area contributed by atoms with E-state index in [4.69, 9.17) is 0 Å². The van der Waals surface area contributed by atoms with Gasteiger partial charge in [0.15, 0.2) is 0 Å². The molecule has 2 aromatic rings. The first-order valence-corrected chi connectivity index (χ1v) is 7.75. The van der Waals surface area contributed by atoms with Gasteiger partial charge in [-0.3, -0.25) is 0 Å². The van der Waals surface area contributed by atoms with E-state index in [0.717, 1.165) is 11.8 Å². The van der Waals surface area contributed by atoms with E-state index in [1.165, 1.54) is 28.7 Å². The Balaban J connectivity index is 2.11. The van der Waals surface area contributed by atoms with Crippen molar-refractivity contribution in [1.29, 1.82) is 0 Å². The van der Waals surface area contributed by atoms with E-state index < -0.39 is 0 Å². The second kappa shape index (κ2) is 4.77. The highest BCUT2D eigenvalue weighted by Crippen LogP contribution is 2.65. The van der Waals surface area contributed by atoms with Gasteiger partial charge in [-0.2, -0.15) is 0 Å². The summed E-state index contributed by atoms with van der Waals surface area (Å²) in [5.74, 6) is 1.51. The van der Waals surface area contributed by atoms with Gasteiger partial charge in [-0.05, 0) is 36.8 Å². The molecule has 1 fully saturated rings. The molecule has 0 heterocycles. The zero-order valence-corrected chi connectivity index (χ0v) is 13.0. The van der Waals surface area contributed by atoms with E-state index in [9.17, 15) is 0 Å². The number of hydrogen-bond acceptors (Lipinski definition) is 0. The van der Waals surface area contributed by atoms with E-state index in [2.05, 4.69) is 76.2 Å². The Hall–Kier alpha value is -1.56. The van der Waals surface area contributed by atoms with Crippen molar-refractivity contribution in [3.05, 3.63) is 70.8 Å². The molecule has 0 unspecified atom stereocenters. The van der Waals surface area contributed by atoms with Crippen LogP contribution < -0.4 is 0 Å². The standard InChI is InChI=1S/C20H24/c1-5-19-16(4)20(19,17-10-6-14(2)7-11-17)18-12-8-15(3)9-13-18/h6-13,16,19H,5H2,1-4H3/t16-,19-/m1/s1. The van der Waals surface area contributed by atoms with Crippen molar-refractivity contribution in [2.75, 3.05) is 0 Å². The predicted molar refractivity (Wildman–Crippen MR) is 86.1 cm³/mol. The van der Waals surface area contributed by atoms with Crippen molar-refractivity contribution < 1.29 is 0 Å². The van der Waals surface area contributed by atoms with Crippen LogP contribution in [0.3, 0.4) is 0 Å². The van der Waals surface area contributed by atoms with Crippen molar-refractivity contribution in [2.45, 2.75) is 39.5 Å². The molecule has 2 atom stereocenters. The highest BCUT2D eigenvalue weighted by Gasteiger charge is 2.62. The quantitative estimate of drug-likeness (QED) is 0.709. The molecular formula is C20H24. The molecule has 104 valence electrons. The first kappa shape index (κ1) is 13.4. The number of rotatable bonds is 3. The zero-order chi connectivity index (χ0) is 14.3. The van der Waals surface area contributed by atoms with Crippen LogP contribution in [0.1, 0.15) is 42.5 Å². The lowest BCUT2D eigenvalue weighted by molar-refractivity contribution is 0.674. The van der Waals surface area contributed by atoms with Gasteiger partial charge in [0.05, 0.1) is 0 Å². The fraction of sp³-hybridized carbons (Fsp3) is 0.400.